The molecule has 1 aromatic carbocycles. The second kappa shape index (κ2) is 8.53. The molecule has 1 unspecified atom stereocenters. The molecule has 1 aromatic heterocycles. The van der Waals surface area contributed by atoms with E-state index in [2.05, 4.69) is 22.4 Å². The van der Waals surface area contributed by atoms with Gasteiger partial charge in [-0.2, -0.15) is 0 Å². The minimum atomic E-state index is -0.573. The van der Waals surface area contributed by atoms with Crippen molar-refractivity contribution < 1.29 is 14.3 Å². The lowest BCUT2D eigenvalue weighted by molar-refractivity contribution is -0.125. The molecule has 7 heteroatoms. The first-order valence-corrected chi connectivity index (χ1v) is 10.8. The number of nitrogens with zero attached hydrogens (tertiary/aromatic N) is 2. The molecule has 2 aromatic rings. The quantitative estimate of drug-likeness (QED) is 0.801. The van der Waals surface area contributed by atoms with Gasteiger partial charge in [-0.25, -0.2) is 9.78 Å². The highest BCUT2D eigenvalue weighted by atomic mass is 32.1. The van der Waals surface area contributed by atoms with Gasteiger partial charge in [0.15, 0.2) is 0 Å². The number of nitrogens with one attached hydrogen (secondary N) is 1. The van der Waals surface area contributed by atoms with Crippen LogP contribution in [0.15, 0.2) is 23.7 Å². The van der Waals surface area contributed by atoms with Gasteiger partial charge < -0.3 is 10.1 Å². The van der Waals surface area contributed by atoms with Crippen molar-refractivity contribution in [2.24, 2.45) is 0 Å². The highest BCUT2D eigenvalue weighted by molar-refractivity contribution is 7.13. The molecular weight excluding hydrogens is 386 g/mol. The van der Waals surface area contributed by atoms with Crippen LogP contribution >= 0.6 is 11.3 Å². The first-order valence-electron chi connectivity index (χ1n) is 9.93. The summed E-state index contributed by atoms with van der Waals surface area (Å²) in [5.41, 5.74) is 5.63. The maximum Gasteiger partial charge on any atom is 0.410 e. The summed E-state index contributed by atoms with van der Waals surface area (Å²) in [5, 5.41) is 3.00. The molecule has 1 atom stereocenters. The van der Waals surface area contributed by atoms with Crippen molar-refractivity contribution in [1.29, 1.82) is 0 Å². The highest BCUT2D eigenvalue weighted by Gasteiger charge is 2.36. The maximum atomic E-state index is 12.7. The third kappa shape index (κ3) is 5.15. The largest absolute Gasteiger partial charge is 0.444 e. The van der Waals surface area contributed by atoms with E-state index in [1.165, 1.54) is 4.88 Å². The van der Waals surface area contributed by atoms with Crippen LogP contribution in [0.3, 0.4) is 0 Å². The number of likely N-dealkylation sites (tertiary alicyclic amines) is 1. The third-order valence-electron chi connectivity index (χ3n) is 4.99. The van der Waals surface area contributed by atoms with E-state index in [0.717, 1.165) is 28.8 Å². The molecule has 0 saturated carbocycles. The number of amides is 2. The summed E-state index contributed by atoms with van der Waals surface area (Å²) in [4.78, 5) is 32.2. The number of rotatable bonds is 4. The predicted molar refractivity (Wildman–Crippen MR) is 115 cm³/mol. The average Bonchev–Trinajstić information content (AvgIpc) is 3.28. The van der Waals surface area contributed by atoms with E-state index in [4.69, 9.17) is 4.74 Å². The first kappa shape index (κ1) is 21.3. The third-order valence-corrected chi connectivity index (χ3v) is 5.96. The van der Waals surface area contributed by atoms with Crippen molar-refractivity contribution in [3.8, 4) is 10.4 Å². The summed E-state index contributed by atoms with van der Waals surface area (Å²) in [6.45, 7) is 10.5. The number of hydrogen-bond donors (Lipinski definition) is 1. The van der Waals surface area contributed by atoms with Crippen LogP contribution in [0.25, 0.3) is 10.4 Å². The summed E-state index contributed by atoms with van der Waals surface area (Å²) in [6, 6.07) is 5.77. The van der Waals surface area contributed by atoms with Gasteiger partial charge in [0, 0.05) is 13.1 Å². The molecule has 1 fully saturated rings. The van der Waals surface area contributed by atoms with Gasteiger partial charge in [-0.15, -0.1) is 11.3 Å². The molecule has 0 aliphatic carbocycles. The van der Waals surface area contributed by atoms with Crippen molar-refractivity contribution in [3.63, 3.8) is 0 Å². The fourth-order valence-corrected chi connectivity index (χ4v) is 4.30. The number of carbonyl (C=O) groups is 2. The topological polar surface area (TPSA) is 71.5 Å². The lowest BCUT2D eigenvalue weighted by atomic mass is 10.0. The molecule has 0 bridgehead atoms. The second-order valence-corrected chi connectivity index (χ2v) is 9.31. The molecule has 1 aliphatic heterocycles. The van der Waals surface area contributed by atoms with Crippen LogP contribution in [0.4, 0.5) is 4.79 Å². The summed E-state index contributed by atoms with van der Waals surface area (Å²) < 4.78 is 5.44. The molecule has 6 nitrogen and oxygen atoms in total. The number of benzene rings is 1. The van der Waals surface area contributed by atoms with Gasteiger partial charge in [0.25, 0.3) is 0 Å². The summed E-state index contributed by atoms with van der Waals surface area (Å²) >= 11 is 1.63. The molecule has 2 heterocycles. The number of aromatic nitrogens is 1. The van der Waals surface area contributed by atoms with Crippen molar-refractivity contribution in [3.05, 3.63) is 40.5 Å². The van der Waals surface area contributed by atoms with E-state index in [9.17, 15) is 9.59 Å². The van der Waals surface area contributed by atoms with Gasteiger partial charge in [-0.05, 0) is 64.2 Å². The fraction of sp³-hybridized carbons (Fsp3) is 0.500. The molecule has 1 N–H and O–H groups in total. The molecule has 0 spiro atoms. The monoisotopic (exact) mass is 415 g/mol. The maximum absolute atomic E-state index is 12.7. The Balaban J connectivity index is 1.63. The smallest absolute Gasteiger partial charge is 0.410 e. The SMILES string of the molecule is Cc1cc(-c2scnc2C)ccc1CNC(=O)C1CCCN1C(=O)OC(C)(C)C. The van der Waals surface area contributed by atoms with Gasteiger partial charge in [0.05, 0.1) is 16.1 Å². The number of hydrogen-bond acceptors (Lipinski definition) is 5. The fourth-order valence-electron chi connectivity index (χ4n) is 3.49. The number of ether oxygens (including phenoxy) is 1. The van der Waals surface area contributed by atoms with Crippen molar-refractivity contribution in [2.45, 2.75) is 65.6 Å². The molecular formula is C22H29N3O3S. The molecule has 1 aliphatic rings. The summed E-state index contributed by atoms with van der Waals surface area (Å²) in [6.07, 6.45) is 1.04. The molecule has 29 heavy (non-hydrogen) atoms. The number of carbonyl (C=O) groups excluding carboxylic acids is 2. The van der Waals surface area contributed by atoms with E-state index in [1.807, 2.05) is 46.2 Å². The van der Waals surface area contributed by atoms with E-state index in [1.54, 1.807) is 16.2 Å². The van der Waals surface area contributed by atoms with Crippen LogP contribution in [0.5, 0.6) is 0 Å². The Morgan fingerprint density at radius 1 is 1.31 bits per heavy atom. The van der Waals surface area contributed by atoms with Crippen LogP contribution in [0, 0.1) is 13.8 Å². The first-order chi connectivity index (χ1) is 13.7. The van der Waals surface area contributed by atoms with E-state index in [-0.39, 0.29) is 5.91 Å². The minimum absolute atomic E-state index is 0.130. The highest BCUT2D eigenvalue weighted by Crippen LogP contribution is 2.29. The summed E-state index contributed by atoms with van der Waals surface area (Å²) in [7, 11) is 0. The van der Waals surface area contributed by atoms with E-state index < -0.39 is 17.7 Å². The second-order valence-electron chi connectivity index (χ2n) is 8.46. The van der Waals surface area contributed by atoms with Crippen LogP contribution in [0.1, 0.15) is 50.4 Å². The van der Waals surface area contributed by atoms with Gasteiger partial charge in [-0.1, -0.05) is 18.2 Å². The Morgan fingerprint density at radius 3 is 2.69 bits per heavy atom. The lowest BCUT2D eigenvalue weighted by Crippen LogP contribution is -2.47. The Bertz CT molecular complexity index is 901. The molecule has 156 valence electrons. The zero-order chi connectivity index (χ0) is 21.2. The van der Waals surface area contributed by atoms with Crippen LogP contribution in [-0.4, -0.2) is 40.1 Å². The van der Waals surface area contributed by atoms with Crippen LogP contribution in [0.2, 0.25) is 0 Å². The lowest BCUT2D eigenvalue weighted by Gasteiger charge is -2.28. The zero-order valence-electron chi connectivity index (χ0n) is 17.7. The van der Waals surface area contributed by atoms with Gasteiger partial charge in [0.1, 0.15) is 11.6 Å². The van der Waals surface area contributed by atoms with Gasteiger partial charge >= 0.3 is 6.09 Å². The Morgan fingerprint density at radius 2 is 2.07 bits per heavy atom. The zero-order valence-corrected chi connectivity index (χ0v) is 18.6. The number of thiazole rings is 1. The Labute approximate surface area is 176 Å². The Hall–Kier alpha value is -2.41. The number of aryl methyl sites for hydroxylation is 2. The molecule has 1 saturated heterocycles. The molecule has 0 radical (unpaired) electrons. The Kier molecular flexibility index (Phi) is 6.27. The van der Waals surface area contributed by atoms with Crippen LogP contribution in [-0.2, 0) is 16.1 Å². The van der Waals surface area contributed by atoms with E-state index in [0.29, 0.717) is 19.5 Å². The predicted octanol–water partition coefficient (Wildman–Crippen LogP) is 4.44. The molecule has 3 rings (SSSR count). The van der Waals surface area contributed by atoms with Gasteiger partial charge in [-0.3, -0.25) is 9.69 Å². The van der Waals surface area contributed by atoms with Crippen LogP contribution < -0.4 is 5.32 Å². The minimum Gasteiger partial charge on any atom is -0.444 e. The average molecular weight is 416 g/mol. The van der Waals surface area contributed by atoms with Crippen molar-refractivity contribution in [2.75, 3.05) is 6.54 Å². The van der Waals surface area contributed by atoms with Gasteiger partial charge in [0.2, 0.25) is 5.91 Å². The van der Waals surface area contributed by atoms with Crippen molar-refractivity contribution in [1.82, 2.24) is 15.2 Å². The summed E-state index contributed by atoms with van der Waals surface area (Å²) in [5.74, 6) is -0.130. The normalized spacial score (nSPS) is 16.7. The van der Waals surface area contributed by atoms with Crippen molar-refractivity contribution >= 4 is 23.3 Å². The standard InChI is InChI=1S/C22H29N3O3S/c1-14-11-16(19-15(2)24-13-29-19)8-9-17(14)12-23-20(26)18-7-6-10-25(18)21(27)28-22(3,4)5/h8-9,11,13,18H,6-7,10,12H2,1-5H3,(H,23,26). The molecule has 2 amide bonds. The van der Waals surface area contributed by atoms with E-state index >= 15 is 0 Å².